The first kappa shape index (κ1) is 29.6. The van der Waals surface area contributed by atoms with Gasteiger partial charge in [-0.1, -0.05) is 54.6 Å². The quantitative estimate of drug-likeness (QED) is 0.221. The molecule has 2 fully saturated rings. The van der Waals surface area contributed by atoms with E-state index in [1.165, 1.54) is 22.8 Å². The van der Waals surface area contributed by atoms with Crippen LogP contribution in [0.2, 0.25) is 0 Å². The first-order chi connectivity index (χ1) is 20.2. The molecule has 1 saturated heterocycles. The second-order valence-electron chi connectivity index (χ2n) is 11.1. The van der Waals surface area contributed by atoms with Crippen molar-refractivity contribution in [3.8, 4) is 11.1 Å². The van der Waals surface area contributed by atoms with Crippen molar-refractivity contribution in [3.05, 3.63) is 94.0 Å². The molecule has 1 N–H and O–H groups in total. The van der Waals surface area contributed by atoms with Crippen molar-refractivity contribution in [2.24, 2.45) is 0 Å². The molecule has 1 heterocycles. The number of benzene rings is 3. The zero-order chi connectivity index (χ0) is 29.7. The molecule has 1 saturated carbocycles. The van der Waals surface area contributed by atoms with Gasteiger partial charge in [-0.15, -0.1) is 0 Å². The Morgan fingerprint density at radius 1 is 0.905 bits per heavy atom. The van der Waals surface area contributed by atoms with Crippen molar-refractivity contribution in [2.45, 2.75) is 62.8 Å². The third-order valence-corrected chi connectivity index (χ3v) is 8.32. The van der Waals surface area contributed by atoms with Crippen molar-refractivity contribution in [1.82, 2.24) is 4.90 Å². The Hall–Kier alpha value is -3.92. The summed E-state index contributed by atoms with van der Waals surface area (Å²) < 4.78 is 45.8. The molecule has 10 heteroatoms. The largest absolute Gasteiger partial charge is 0.423 e. The van der Waals surface area contributed by atoms with E-state index >= 15 is 0 Å². The molecule has 1 aliphatic carbocycles. The number of ether oxygens (including phenoxy) is 1. The summed E-state index contributed by atoms with van der Waals surface area (Å²) in [6, 6.07) is 21.9. The summed E-state index contributed by atoms with van der Waals surface area (Å²) in [5, 5.41) is 14.1. The lowest BCUT2D eigenvalue weighted by molar-refractivity contribution is -0.388. The van der Waals surface area contributed by atoms with Gasteiger partial charge in [-0.25, -0.2) is 0 Å². The van der Waals surface area contributed by atoms with E-state index in [9.17, 15) is 28.1 Å². The normalized spacial score (nSPS) is 19.8. The Bertz CT molecular complexity index is 1370. The highest BCUT2D eigenvalue weighted by atomic mass is 19.4. The van der Waals surface area contributed by atoms with E-state index in [4.69, 9.17) is 4.74 Å². The summed E-state index contributed by atoms with van der Waals surface area (Å²) in [6.07, 6.45) is -0.428. The molecule has 0 atom stereocenters. The van der Waals surface area contributed by atoms with Crippen LogP contribution in [-0.4, -0.2) is 47.6 Å². The number of anilines is 1. The molecule has 2 aliphatic rings. The maximum atomic E-state index is 13.3. The monoisotopic (exact) mass is 581 g/mol. The molecule has 3 aromatic carbocycles. The maximum absolute atomic E-state index is 13.3. The summed E-state index contributed by atoms with van der Waals surface area (Å²) >= 11 is 0. The molecule has 0 spiro atoms. The molecule has 1 amide bonds. The predicted octanol–water partition coefficient (Wildman–Crippen LogP) is 7.43. The fourth-order valence-electron chi connectivity index (χ4n) is 5.94. The highest BCUT2D eigenvalue weighted by Crippen LogP contribution is 2.38. The maximum Gasteiger partial charge on any atom is 0.423 e. The van der Waals surface area contributed by atoms with Crippen molar-refractivity contribution in [2.75, 3.05) is 25.0 Å². The van der Waals surface area contributed by atoms with Gasteiger partial charge in [0.25, 0.3) is 5.69 Å². The Kier molecular flexibility index (Phi) is 9.11. The van der Waals surface area contributed by atoms with Crippen molar-refractivity contribution >= 4 is 17.3 Å². The number of carbonyl (C=O) groups is 1. The molecule has 0 bridgehead atoms. The molecule has 0 unspecified atom stereocenters. The van der Waals surface area contributed by atoms with Crippen LogP contribution in [0.15, 0.2) is 72.8 Å². The van der Waals surface area contributed by atoms with Gasteiger partial charge in [-0.3, -0.25) is 14.9 Å². The fourth-order valence-corrected chi connectivity index (χ4v) is 5.94. The molecule has 42 heavy (non-hydrogen) atoms. The summed E-state index contributed by atoms with van der Waals surface area (Å²) in [5.41, 5.74) is 1.65. The summed E-state index contributed by atoms with van der Waals surface area (Å²) in [4.78, 5) is 24.7. The molecule has 0 radical (unpaired) electrons. The van der Waals surface area contributed by atoms with Gasteiger partial charge in [0.05, 0.1) is 11.0 Å². The predicted molar refractivity (Wildman–Crippen MR) is 154 cm³/mol. The van der Waals surface area contributed by atoms with Crippen LogP contribution >= 0.6 is 0 Å². The van der Waals surface area contributed by atoms with Crippen LogP contribution in [0.4, 0.5) is 24.5 Å². The number of nitro benzene ring substituents is 1. The van der Waals surface area contributed by atoms with Gasteiger partial charge in [0.15, 0.2) is 0 Å². The number of piperidine rings is 1. The molecular formula is C32H34F3N3O4. The fraction of sp³-hybridized carbons (Fsp3) is 0.406. The van der Waals surface area contributed by atoms with E-state index in [2.05, 4.69) is 41.7 Å². The number of nitrogens with one attached hydrogen (secondary N) is 1. The van der Waals surface area contributed by atoms with Gasteiger partial charge in [0.2, 0.25) is 5.91 Å². The smallest absolute Gasteiger partial charge is 0.382 e. The number of nitro groups is 1. The summed E-state index contributed by atoms with van der Waals surface area (Å²) in [5.74, 6) is 0.407. The lowest BCUT2D eigenvalue weighted by Crippen LogP contribution is -2.41. The number of halogens is 3. The molecule has 5 rings (SSSR count). The number of rotatable bonds is 8. The number of carbonyl (C=O) groups excluding carboxylic acids is 1. The average molecular weight is 582 g/mol. The molecule has 3 aromatic rings. The first-order valence-corrected chi connectivity index (χ1v) is 14.3. The SMILES string of the molecule is O=C(CO[C@H]1CC[C@H](Nc2ccc([N+](=O)[O-])c(C(F)(F)F)c2)CC1)N1CCC(c2ccc(-c3ccccc3)cc2)CC1. The zero-order valence-electron chi connectivity index (χ0n) is 23.2. The lowest BCUT2D eigenvalue weighted by atomic mass is 9.88. The van der Waals surface area contributed by atoms with Crippen LogP contribution in [0, 0.1) is 10.1 Å². The third kappa shape index (κ3) is 7.28. The number of likely N-dealkylation sites (tertiary alicyclic amines) is 1. The third-order valence-electron chi connectivity index (χ3n) is 8.32. The second-order valence-corrected chi connectivity index (χ2v) is 11.1. The standard InChI is InChI=1S/C32H34F3N3O4/c33-32(34,35)29-20-27(12-15-30(29)38(40)41)36-26-10-13-28(14-11-26)42-21-31(39)37-18-16-25(17-19-37)24-8-6-23(7-9-24)22-4-2-1-3-5-22/h1-9,12,15,20,25-26,28,36H,10-11,13-14,16-19,21H2/t26-,28-. The van der Waals surface area contributed by atoms with Gasteiger partial charge in [0, 0.05) is 30.9 Å². The number of hydrogen-bond acceptors (Lipinski definition) is 5. The molecule has 0 aromatic heterocycles. The highest BCUT2D eigenvalue weighted by Gasteiger charge is 2.38. The van der Waals surface area contributed by atoms with E-state index < -0.39 is 22.4 Å². The number of nitrogens with zero attached hydrogens (tertiary/aromatic N) is 2. The van der Waals surface area contributed by atoms with E-state index in [1.54, 1.807) is 0 Å². The first-order valence-electron chi connectivity index (χ1n) is 14.3. The minimum atomic E-state index is -4.82. The minimum absolute atomic E-state index is 0.0151. The van der Waals surface area contributed by atoms with Crippen LogP contribution in [0.5, 0.6) is 0 Å². The van der Waals surface area contributed by atoms with Crippen molar-refractivity contribution in [3.63, 3.8) is 0 Å². The number of amides is 1. The Morgan fingerprint density at radius 2 is 1.55 bits per heavy atom. The molecule has 1 aliphatic heterocycles. The van der Waals surface area contributed by atoms with E-state index in [0.29, 0.717) is 44.7 Å². The van der Waals surface area contributed by atoms with Crippen LogP contribution in [0.1, 0.15) is 55.6 Å². The van der Waals surface area contributed by atoms with Crippen LogP contribution in [0.25, 0.3) is 11.1 Å². The topological polar surface area (TPSA) is 84.7 Å². The van der Waals surface area contributed by atoms with Crippen LogP contribution < -0.4 is 5.32 Å². The van der Waals surface area contributed by atoms with Gasteiger partial charge in [0.1, 0.15) is 12.2 Å². The van der Waals surface area contributed by atoms with Gasteiger partial charge >= 0.3 is 6.18 Å². The number of alkyl halides is 3. The molecule has 7 nitrogen and oxygen atoms in total. The van der Waals surface area contributed by atoms with E-state index in [1.807, 2.05) is 23.1 Å². The van der Waals surface area contributed by atoms with Gasteiger partial charge in [-0.2, -0.15) is 13.2 Å². The lowest BCUT2D eigenvalue weighted by Gasteiger charge is -2.33. The van der Waals surface area contributed by atoms with Gasteiger partial charge < -0.3 is 15.0 Å². The molecular weight excluding hydrogens is 547 g/mol. The van der Waals surface area contributed by atoms with Gasteiger partial charge in [-0.05, 0) is 73.3 Å². The van der Waals surface area contributed by atoms with Crippen molar-refractivity contribution < 1.29 is 27.6 Å². The number of hydrogen-bond donors (Lipinski definition) is 1. The summed E-state index contributed by atoms with van der Waals surface area (Å²) in [6.45, 7) is 1.41. The van der Waals surface area contributed by atoms with Crippen molar-refractivity contribution in [1.29, 1.82) is 0 Å². The Labute approximate surface area is 242 Å². The van der Waals surface area contributed by atoms with Crippen LogP contribution in [0.3, 0.4) is 0 Å². The Balaban J connectivity index is 1.04. The summed E-state index contributed by atoms with van der Waals surface area (Å²) in [7, 11) is 0. The minimum Gasteiger partial charge on any atom is -0.382 e. The molecule has 222 valence electrons. The highest BCUT2D eigenvalue weighted by molar-refractivity contribution is 5.77. The van der Waals surface area contributed by atoms with E-state index in [0.717, 1.165) is 25.0 Å². The van der Waals surface area contributed by atoms with Crippen LogP contribution in [-0.2, 0) is 15.7 Å². The zero-order valence-corrected chi connectivity index (χ0v) is 23.2. The second kappa shape index (κ2) is 12.9. The Morgan fingerprint density at radius 3 is 2.17 bits per heavy atom. The van der Waals surface area contributed by atoms with E-state index in [-0.39, 0.29) is 30.3 Å². The average Bonchev–Trinajstić information content (AvgIpc) is 3.00.